The summed E-state index contributed by atoms with van der Waals surface area (Å²) in [4.78, 5) is 11.6. The summed E-state index contributed by atoms with van der Waals surface area (Å²) in [6.45, 7) is 4.16. The Morgan fingerprint density at radius 1 is 0.895 bits per heavy atom. The normalized spacial score (nSPS) is 14.2. The fourth-order valence-corrected chi connectivity index (χ4v) is 5.54. The molecular weight excluding hydrogens is 472 g/mol. The molecule has 5 aromatic rings. The lowest BCUT2D eigenvalue weighted by Crippen LogP contribution is -2.50. The highest BCUT2D eigenvalue weighted by molar-refractivity contribution is 5.79. The molecule has 192 valence electrons. The van der Waals surface area contributed by atoms with Gasteiger partial charge in [0.15, 0.2) is 11.5 Å². The van der Waals surface area contributed by atoms with Crippen molar-refractivity contribution in [2.75, 3.05) is 13.3 Å². The van der Waals surface area contributed by atoms with Crippen molar-refractivity contribution >= 4 is 10.9 Å². The van der Waals surface area contributed by atoms with Gasteiger partial charge in [-0.05, 0) is 59.9 Å². The maximum absolute atomic E-state index is 5.78. The van der Waals surface area contributed by atoms with Crippen molar-refractivity contribution in [3.63, 3.8) is 0 Å². The number of benzene rings is 3. The summed E-state index contributed by atoms with van der Waals surface area (Å²) in [6.07, 6.45) is 10.6. The molecule has 0 fully saturated rings. The lowest BCUT2D eigenvalue weighted by molar-refractivity contribution is 0.0814. The van der Waals surface area contributed by atoms with Gasteiger partial charge in [-0.1, -0.05) is 61.9 Å². The van der Waals surface area contributed by atoms with Crippen LogP contribution in [0.5, 0.6) is 11.5 Å². The third-order valence-corrected chi connectivity index (χ3v) is 7.44. The van der Waals surface area contributed by atoms with Crippen LogP contribution in [0, 0.1) is 0 Å². The van der Waals surface area contributed by atoms with Gasteiger partial charge in [0.1, 0.15) is 0 Å². The number of imidazole rings is 1. The topological polar surface area (TPSA) is 52.4 Å². The molecule has 1 atom stereocenters. The van der Waals surface area contributed by atoms with E-state index in [2.05, 4.69) is 93.1 Å². The van der Waals surface area contributed by atoms with Gasteiger partial charge < -0.3 is 14.0 Å². The van der Waals surface area contributed by atoms with Crippen molar-refractivity contribution in [2.24, 2.45) is 0 Å². The summed E-state index contributed by atoms with van der Waals surface area (Å²) in [6, 6.07) is 28.1. The number of pyridine rings is 1. The number of hydrogen-bond donors (Lipinski definition) is 0. The Balaban J connectivity index is 1.58. The first-order valence-electron chi connectivity index (χ1n) is 13.3. The Morgan fingerprint density at radius 3 is 2.63 bits per heavy atom. The largest absolute Gasteiger partial charge is 0.454 e. The van der Waals surface area contributed by atoms with Crippen LogP contribution in [0.4, 0.5) is 0 Å². The number of rotatable bonds is 10. The van der Waals surface area contributed by atoms with Crippen LogP contribution >= 0.6 is 0 Å². The third-order valence-electron chi connectivity index (χ3n) is 7.44. The van der Waals surface area contributed by atoms with E-state index in [-0.39, 0.29) is 6.79 Å². The zero-order chi connectivity index (χ0) is 25.8. The lowest BCUT2D eigenvalue weighted by atomic mass is 9.76. The summed E-state index contributed by atoms with van der Waals surface area (Å²) >= 11 is 0. The van der Waals surface area contributed by atoms with E-state index in [1.165, 1.54) is 16.7 Å². The fourth-order valence-electron chi connectivity index (χ4n) is 5.54. The molecule has 38 heavy (non-hydrogen) atoms. The number of nitrogens with zero attached hydrogens (tertiary/aromatic N) is 4. The van der Waals surface area contributed by atoms with Gasteiger partial charge >= 0.3 is 0 Å². The van der Waals surface area contributed by atoms with Crippen LogP contribution in [0.2, 0.25) is 0 Å². The zero-order valence-corrected chi connectivity index (χ0v) is 21.7. The first-order chi connectivity index (χ1) is 18.8. The molecule has 0 N–H and O–H groups in total. The first-order valence-corrected chi connectivity index (χ1v) is 13.3. The number of ether oxygens (including phenoxy) is 2. The number of hydrogen-bond acceptors (Lipinski definition) is 5. The van der Waals surface area contributed by atoms with E-state index >= 15 is 0 Å². The molecule has 6 rings (SSSR count). The van der Waals surface area contributed by atoms with Crippen molar-refractivity contribution in [3.8, 4) is 11.5 Å². The minimum Gasteiger partial charge on any atom is -0.454 e. The van der Waals surface area contributed by atoms with Crippen molar-refractivity contribution in [3.05, 3.63) is 120 Å². The van der Waals surface area contributed by atoms with Gasteiger partial charge in [-0.2, -0.15) is 0 Å². The van der Waals surface area contributed by atoms with Crippen molar-refractivity contribution in [1.29, 1.82) is 0 Å². The number of fused-ring (bicyclic) bond motifs is 2. The average molecular weight is 505 g/mol. The lowest BCUT2D eigenvalue weighted by Gasteiger charge is -2.46. The fraction of sp³-hybridized carbons (Fsp3) is 0.250. The molecular formula is C32H32N4O2. The highest BCUT2D eigenvalue weighted by atomic mass is 16.7. The molecule has 3 heterocycles. The summed E-state index contributed by atoms with van der Waals surface area (Å²) < 4.78 is 13.6. The van der Waals surface area contributed by atoms with Crippen molar-refractivity contribution in [2.45, 2.75) is 38.4 Å². The molecule has 1 aliphatic rings. The minimum absolute atomic E-state index is 0.267. The second-order valence-corrected chi connectivity index (χ2v) is 9.84. The predicted molar refractivity (Wildman–Crippen MR) is 149 cm³/mol. The van der Waals surface area contributed by atoms with E-state index in [0.717, 1.165) is 48.2 Å². The molecule has 0 radical (unpaired) electrons. The maximum Gasteiger partial charge on any atom is 0.231 e. The van der Waals surface area contributed by atoms with E-state index in [4.69, 9.17) is 9.47 Å². The Labute approximate surface area is 223 Å². The third kappa shape index (κ3) is 4.63. The number of unbranched alkanes of at least 4 members (excludes halogenated alkanes) is 1. The molecule has 6 heteroatoms. The predicted octanol–water partition coefficient (Wildman–Crippen LogP) is 6.41. The molecule has 0 saturated carbocycles. The Kier molecular flexibility index (Phi) is 6.80. The summed E-state index contributed by atoms with van der Waals surface area (Å²) in [5.74, 6) is 1.61. The SMILES string of the molecule is CCCCN(Cn1ccnc1)C(Cc1ccc2c(c1)OCO2)(c1ccccc1)c1ccc2ncccc2c1. The van der Waals surface area contributed by atoms with E-state index in [1.54, 1.807) is 0 Å². The molecule has 1 aliphatic heterocycles. The molecule has 0 aliphatic carbocycles. The van der Waals surface area contributed by atoms with Crippen molar-refractivity contribution < 1.29 is 9.47 Å². The van der Waals surface area contributed by atoms with E-state index in [1.807, 2.05) is 37.1 Å². The van der Waals surface area contributed by atoms with Gasteiger partial charge in [0, 0.05) is 30.5 Å². The molecule has 6 nitrogen and oxygen atoms in total. The highest BCUT2D eigenvalue weighted by Gasteiger charge is 2.41. The molecule has 1 unspecified atom stereocenters. The van der Waals surface area contributed by atoms with Gasteiger partial charge in [0.05, 0.1) is 24.1 Å². The van der Waals surface area contributed by atoms with Gasteiger partial charge in [0.25, 0.3) is 0 Å². The quantitative estimate of drug-likeness (QED) is 0.220. The zero-order valence-electron chi connectivity index (χ0n) is 21.7. The second kappa shape index (κ2) is 10.7. The van der Waals surface area contributed by atoms with Crippen LogP contribution < -0.4 is 9.47 Å². The van der Waals surface area contributed by atoms with Gasteiger partial charge in [-0.3, -0.25) is 9.88 Å². The Hall–Kier alpha value is -4.16. The average Bonchev–Trinajstić information content (AvgIpc) is 3.66. The van der Waals surface area contributed by atoms with Crippen LogP contribution in [0.15, 0.2) is 104 Å². The molecule has 0 saturated heterocycles. The van der Waals surface area contributed by atoms with Crippen molar-refractivity contribution in [1.82, 2.24) is 19.4 Å². The maximum atomic E-state index is 5.78. The second-order valence-electron chi connectivity index (χ2n) is 9.84. The van der Waals surface area contributed by atoms with Gasteiger partial charge in [-0.25, -0.2) is 4.98 Å². The minimum atomic E-state index is -0.460. The van der Waals surface area contributed by atoms with Gasteiger partial charge in [0.2, 0.25) is 6.79 Å². The molecule has 0 amide bonds. The summed E-state index contributed by atoms with van der Waals surface area (Å²) in [5.41, 5.74) is 4.21. The highest BCUT2D eigenvalue weighted by Crippen LogP contribution is 2.43. The van der Waals surface area contributed by atoms with Crippen LogP contribution in [-0.4, -0.2) is 32.8 Å². The molecule has 0 bridgehead atoms. The molecule has 0 spiro atoms. The monoisotopic (exact) mass is 504 g/mol. The van der Waals surface area contributed by atoms with Crippen LogP contribution in [0.25, 0.3) is 10.9 Å². The molecule has 3 aromatic carbocycles. The van der Waals surface area contributed by atoms with Crippen LogP contribution in [0.1, 0.15) is 36.5 Å². The number of aromatic nitrogens is 3. The van der Waals surface area contributed by atoms with Crippen LogP contribution in [-0.2, 0) is 18.6 Å². The first kappa shape index (κ1) is 24.2. The van der Waals surface area contributed by atoms with E-state index in [0.29, 0.717) is 6.67 Å². The van der Waals surface area contributed by atoms with E-state index < -0.39 is 5.54 Å². The van der Waals surface area contributed by atoms with Gasteiger partial charge in [-0.15, -0.1) is 0 Å². The summed E-state index contributed by atoms with van der Waals surface area (Å²) in [7, 11) is 0. The smallest absolute Gasteiger partial charge is 0.231 e. The standard InChI is InChI=1S/C32H32N4O2/c1-2-3-17-36(23-35-18-16-33-22-35)32(27-9-5-4-6-10-27,21-25-11-14-30-31(19-25)38-24-37-30)28-12-13-29-26(20-28)8-7-15-34-29/h4-16,18-20,22H,2-3,17,21,23-24H2,1H3. The van der Waals surface area contributed by atoms with E-state index in [9.17, 15) is 0 Å². The Morgan fingerprint density at radius 2 is 1.79 bits per heavy atom. The Bertz CT molecular complexity index is 1500. The van der Waals surface area contributed by atoms with Crippen LogP contribution in [0.3, 0.4) is 0 Å². The summed E-state index contributed by atoms with van der Waals surface area (Å²) in [5, 5.41) is 1.13. The molecule has 2 aromatic heterocycles.